The Morgan fingerprint density at radius 3 is 2.56 bits per heavy atom. The van der Waals surface area contributed by atoms with Crippen LogP contribution in [0.3, 0.4) is 0 Å². The van der Waals surface area contributed by atoms with Crippen LogP contribution in [0.2, 0.25) is 0 Å². The summed E-state index contributed by atoms with van der Waals surface area (Å²) in [5, 5.41) is 2.52. The second-order valence-corrected chi connectivity index (χ2v) is 5.05. The van der Waals surface area contributed by atoms with Crippen LogP contribution in [0.15, 0.2) is 18.2 Å². The van der Waals surface area contributed by atoms with Crippen LogP contribution in [0.4, 0.5) is 8.78 Å². The van der Waals surface area contributed by atoms with E-state index in [9.17, 15) is 13.6 Å². The third-order valence-corrected chi connectivity index (χ3v) is 3.22. The number of halogens is 3. The summed E-state index contributed by atoms with van der Waals surface area (Å²) < 4.78 is 25.6. The number of alkyl halides is 1. The molecule has 1 amide bonds. The van der Waals surface area contributed by atoms with Crippen LogP contribution in [0.25, 0.3) is 0 Å². The highest BCUT2D eigenvalue weighted by Crippen LogP contribution is 2.10. The average Bonchev–Trinajstić information content (AvgIpc) is 2.30. The Kier molecular flexibility index (Phi) is 5.54. The first-order valence-electron chi connectivity index (χ1n) is 5.75. The van der Waals surface area contributed by atoms with E-state index < -0.39 is 11.6 Å². The van der Waals surface area contributed by atoms with Gasteiger partial charge >= 0.3 is 0 Å². The summed E-state index contributed by atoms with van der Waals surface area (Å²) in [4.78, 5) is 11.5. The van der Waals surface area contributed by atoms with E-state index in [2.05, 4.69) is 5.32 Å². The number of hydrogen-bond acceptors (Lipinski definition) is 1. The van der Waals surface area contributed by atoms with Gasteiger partial charge in [-0.2, -0.15) is 0 Å². The lowest BCUT2D eigenvalue weighted by molar-refractivity contribution is -0.120. The Labute approximate surface area is 110 Å². The molecule has 0 aliphatic rings. The molecule has 0 aliphatic carbocycles. The molecule has 1 aromatic carbocycles. The Balaban J connectivity index is 2.47. The van der Waals surface area contributed by atoms with E-state index in [4.69, 9.17) is 11.6 Å². The van der Waals surface area contributed by atoms with Gasteiger partial charge in [0.05, 0.1) is 11.8 Å². The van der Waals surface area contributed by atoms with Crippen LogP contribution in [-0.4, -0.2) is 17.8 Å². The van der Waals surface area contributed by atoms with Gasteiger partial charge in [0.25, 0.3) is 0 Å². The minimum Gasteiger partial charge on any atom is -0.354 e. The number of carbonyl (C=O) groups is 1. The van der Waals surface area contributed by atoms with E-state index in [-0.39, 0.29) is 23.6 Å². The van der Waals surface area contributed by atoms with E-state index in [1.807, 2.05) is 13.8 Å². The van der Waals surface area contributed by atoms with Gasteiger partial charge in [-0.15, -0.1) is 11.6 Å². The first-order chi connectivity index (χ1) is 8.40. The SMILES string of the molecule is CC(C)C(Cl)CNC(=O)Cc1ccc(F)c(F)c1. The van der Waals surface area contributed by atoms with Crippen molar-refractivity contribution < 1.29 is 13.6 Å². The molecule has 1 unspecified atom stereocenters. The molecule has 0 bridgehead atoms. The summed E-state index contributed by atoms with van der Waals surface area (Å²) in [5.74, 6) is -1.86. The zero-order valence-electron chi connectivity index (χ0n) is 10.3. The van der Waals surface area contributed by atoms with Crippen LogP contribution in [0.5, 0.6) is 0 Å². The lowest BCUT2D eigenvalue weighted by Crippen LogP contribution is -2.32. The first-order valence-corrected chi connectivity index (χ1v) is 6.18. The fourth-order valence-corrected chi connectivity index (χ4v) is 1.42. The van der Waals surface area contributed by atoms with Crippen LogP contribution in [0.1, 0.15) is 19.4 Å². The molecular weight excluding hydrogens is 260 g/mol. The lowest BCUT2D eigenvalue weighted by Gasteiger charge is -2.14. The highest BCUT2D eigenvalue weighted by Gasteiger charge is 2.12. The third kappa shape index (κ3) is 4.61. The zero-order chi connectivity index (χ0) is 13.7. The van der Waals surface area contributed by atoms with Gasteiger partial charge < -0.3 is 5.32 Å². The van der Waals surface area contributed by atoms with Crippen molar-refractivity contribution in [2.24, 2.45) is 5.92 Å². The number of benzene rings is 1. The van der Waals surface area contributed by atoms with Crippen molar-refractivity contribution in [1.29, 1.82) is 0 Å². The van der Waals surface area contributed by atoms with Gasteiger partial charge in [0, 0.05) is 6.54 Å². The van der Waals surface area contributed by atoms with Crippen molar-refractivity contribution >= 4 is 17.5 Å². The zero-order valence-corrected chi connectivity index (χ0v) is 11.1. The van der Waals surface area contributed by atoms with Gasteiger partial charge in [-0.05, 0) is 23.6 Å². The van der Waals surface area contributed by atoms with E-state index >= 15 is 0 Å². The molecule has 1 atom stereocenters. The number of amides is 1. The Morgan fingerprint density at radius 2 is 2.00 bits per heavy atom. The molecule has 2 nitrogen and oxygen atoms in total. The summed E-state index contributed by atoms with van der Waals surface area (Å²) in [6, 6.07) is 3.42. The van der Waals surface area contributed by atoms with Crippen LogP contribution in [-0.2, 0) is 11.2 Å². The predicted molar refractivity (Wildman–Crippen MR) is 67.6 cm³/mol. The van der Waals surface area contributed by atoms with Crippen molar-refractivity contribution in [2.75, 3.05) is 6.54 Å². The lowest BCUT2D eigenvalue weighted by atomic mass is 10.1. The normalized spacial score (nSPS) is 12.6. The average molecular weight is 276 g/mol. The molecule has 0 saturated heterocycles. The molecule has 1 N–H and O–H groups in total. The van der Waals surface area contributed by atoms with Gasteiger partial charge in [-0.3, -0.25) is 4.79 Å². The molecule has 0 fully saturated rings. The monoisotopic (exact) mass is 275 g/mol. The summed E-state index contributed by atoms with van der Waals surface area (Å²) in [6.45, 7) is 4.28. The van der Waals surface area contributed by atoms with Gasteiger partial charge in [0.15, 0.2) is 11.6 Å². The molecule has 1 aromatic rings. The molecule has 0 saturated carbocycles. The third-order valence-electron chi connectivity index (χ3n) is 2.57. The topological polar surface area (TPSA) is 29.1 Å². The quantitative estimate of drug-likeness (QED) is 0.823. The second-order valence-electron chi connectivity index (χ2n) is 4.49. The van der Waals surface area contributed by atoms with E-state index in [0.717, 1.165) is 12.1 Å². The molecule has 0 aromatic heterocycles. The maximum Gasteiger partial charge on any atom is 0.224 e. The van der Waals surface area contributed by atoms with Crippen molar-refractivity contribution in [2.45, 2.75) is 25.6 Å². The fourth-order valence-electron chi connectivity index (χ4n) is 1.34. The Morgan fingerprint density at radius 1 is 1.33 bits per heavy atom. The van der Waals surface area contributed by atoms with Crippen molar-refractivity contribution in [3.05, 3.63) is 35.4 Å². The summed E-state index contributed by atoms with van der Waals surface area (Å²) in [5.41, 5.74) is 0.432. The molecule has 0 aliphatic heterocycles. The largest absolute Gasteiger partial charge is 0.354 e. The summed E-state index contributed by atoms with van der Waals surface area (Å²) in [7, 11) is 0. The number of hydrogen-bond donors (Lipinski definition) is 1. The Hall–Kier alpha value is -1.16. The second kappa shape index (κ2) is 6.69. The molecule has 0 spiro atoms. The maximum absolute atomic E-state index is 12.9. The number of carbonyl (C=O) groups excluding carboxylic acids is 1. The number of rotatable bonds is 5. The highest BCUT2D eigenvalue weighted by atomic mass is 35.5. The summed E-state index contributed by atoms with van der Waals surface area (Å²) in [6.07, 6.45) is 0.0128. The molecule has 100 valence electrons. The van der Waals surface area contributed by atoms with E-state index in [1.54, 1.807) is 0 Å². The summed E-state index contributed by atoms with van der Waals surface area (Å²) >= 11 is 5.98. The van der Waals surface area contributed by atoms with E-state index in [0.29, 0.717) is 12.1 Å². The van der Waals surface area contributed by atoms with E-state index in [1.165, 1.54) is 6.07 Å². The van der Waals surface area contributed by atoms with Crippen LogP contribution in [0, 0.1) is 17.6 Å². The minimum atomic E-state index is -0.947. The maximum atomic E-state index is 12.9. The van der Waals surface area contributed by atoms with Gasteiger partial charge in [0.1, 0.15) is 0 Å². The molecule has 0 heterocycles. The molecule has 0 radical (unpaired) electrons. The van der Waals surface area contributed by atoms with Crippen molar-refractivity contribution in [3.8, 4) is 0 Å². The molecule has 5 heteroatoms. The highest BCUT2D eigenvalue weighted by molar-refractivity contribution is 6.21. The first kappa shape index (κ1) is 14.9. The van der Waals surface area contributed by atoms with Gasteiger partial charge in [-0.25, -0.2) is 8.78 Å². The van der Waals surface area contributed by atoms with Crippen LogP contribution < -0.4 is 5.32 Å². The van der Waals surface area contributed by atoms with Gasteiger partial charge in [0.2, 0.25) is 5.91 Å². The van der Waals surface area contributed by atoms with Crippen LogP contribution >= 0.6 is 11.6 Å². The van der Waals surface area contributed by atoms with Crippen molar-refractivity contribution in [3.63, 3.8) is 0 Å². The van der Waals surface area contributed by atoms with Crippen molar-refractivity contribution in [1.82, 2.24) is 5.32 Å². The Bertz CT molecular complexity index is 423. The molecule has 18 heavy (non-hydrogen) atoms. The van der Waals surface area contributed by atoms with Gasteiger partial charge in [-0.1, -0.05) is 19.9 Å². The fraction of sp³-hybridized carbons (Fsp3) is 0.462. The standard InChI is InChI=1S/C13H16ClF2NO/c1-8(2)10(14)7-17-13(18)6-9-3-4-11(15)12(16)5-9/h3-5,8,10H,6-7H2,1-2H3,(H,17,18). The number of nitrogens with one attached hydrogen (secondary N) is 1. The predicted octanol–water partition coefficient (Wildman–Crippen LogP) is 2.89. The smallest absolute Gasteiger partial charge is 0.224 e. The minimum absolute atomic E-state index is 0.0128. The molecular formula is C13H16ClF2NO. The molecule has 1 rings (SSSR count).